The molecule has 19 heavy (non-hydrogen) atoms. The van der Waals surface area contributed by atoms with E-state index in [4.69, 9.17) is 4.74 Å². The van der Waals surface area contributed by atoms with Crippen LogP contribution in [-0.4, -0.2) is 22.5 Å². The number of ether oxygens (including phenoxy) is 1. The molecule has 0 aliphatic heterocycles. The number of carbonyl (C=O) groups is 1. The van der Waals surface area contributed by atoms with Gasteiger partial charge in [0.25, 0.3) is 5.91 Å². The van der Waals surface area contributed by atoms with Crippen LogP contribution in [0.2, 0.25) is 0 Å². The van der Waals surface area contributed by atoms with Gasteiger partial charge >= 0.3 is 0 Å². The molecule has 1 heterocycles. The molecule has 0 unspecified atom stereocenters. The first kappa shape index (κ1) is 13.0. The molecule has 1 aromatic heterocycles. The van der Waals surface area contributed by atoms with Gasteiger partial charge in [0.1, 0.15) is 11.4 Å². The van der Waals surface area contributed by atoms with E-state index in [-0.39, 0.29) is 11.6 Å². The summed E-state index contributed by atoms with van der Waals surface area (Å²) in [5.74, 6) is 0.539. The van der Waals surface area contributed by atoms with E-state index in [1.54, 1.807) is 6.07 Å². The number of aryl methyl sites for hydroxylation is 1. The van der Waals surface area contributed by atoms with E-state index in [0.717, 1.165) is 11.3 Å². The van der Waals surface area contributed by atoms with Gasteiger partial charge in [0, 0.05) is 18.1 Å². The Balaban J connectivity index is 2.12. The topological polar surface area (TPSA) is 64.1 Å². The molecular formula is C14H15N3O2. The summed E-state index contributed by atoms with van der Waals surface area (Å²) < 4.78 is 5.45. The fraction of sp³-hybridized carbons (Fsp3) is 0.214. The molecule has 1 aromatic carbocycles. The van der Waals surface area contributed by atoms with E-state index in [1.165, 1.54) is 18.6 Å². The molecule has 1 amide bonds. The Hall–Kier alpha value is -2.43. The molecule has 0 fully saturated rings. The van der Waals surface area contributed by atoms with Crippen LogP contribution in [0.4, 0.5) is 5.69 Å². The number of carbonyl (C=O) groups excluding carboxylic acids is 1. The highest BCUT2D eigenvalue weighted by atomic mass is 16.5. The van der Waals surface area contributed by atoms with Crippen molar-refractivity contribution in [2.75, 3.05) is 11.9 Å². The lowest BCUT2D eigenvalue weighted by atomic mass is 10.2. The zero-order chi connectivity index (χ0) is 13.7. The summed E-state index contributed by atoms with van der Waals surface area (Å²) in [6, 6.07) is 5.50. The molecule has 0 aliphatic rings. The maximum Gasteiger partial charge on any atom is 0.275 e. The van der Waals surface area contributed by atoms with Crippen molar-refractivity contribution in [3.63, 3.8) is 0 Å². The molecule has 0 spiro atoms. The first-order valence-corrected chi connectivity index (χ1v) is 6.01. The Morgan fingerprint density at radius 3 is 2.84 bits per heavy atom. The average molecular weight is 257 g/mol. The molecule has 0 saturated carbocycles. The smallest absolute Gasteiger partial charge is 0.275 e. The largest absolute Gasteiger partial charge is 0.494 e. The normalized spacial score (nSPS) is 10.0. The number of benzene rings is 1. The minimum absolute atomic E-state index is 0.281. The summed E-state index contributed by atoms with van der Waals surface area (Å²) in [6.07, 6.45) is 4.44. The van der Waals surface area contributed by atoms with E-state index >= 15 is 0 Å². The first-order chi connectivity index (χ1) is 9.20. The van der Waals surface area contributed by atoms with Crippen molar-refractivity contribution in [2.45, 2.75) is 13.8 Å². The van der Waals surface area contributed by atoms with Crippen molar-refractivity contribution in [2.24, 2.45) is 0 Å². The minimum Gasteiger partial charge on any atom is -0.494 e. The molecule has 5 nitrogen and oxygen atoms in total. The zero-order valence-corrected chi connectivity index (χ0v) is 10.9. The number of amides is 1. The quantitative estimate of drug-likeness (QED) is 0.913. The van der Waals surface area contributed by atoms with Gasteiger partial charge in [-0.1, -0.05) is 0 Å². The Labute approximate surface area is 111 Å². The van der Waals surface area contributed by atoms with Crippen LogP contribution in [-0.2, 0) is 0 Å². The minimum atomic E-state index is -0.281. The highest BCUT2D eigenvalue weighted by molar-refractivity contribution is 6.02. The Kier molecular flexibility index (Phi) is 4.07. The first-order valence-electron chi connectivity index (χ1n) is 6.01. The van der Waals surface area contributed by atoms with E-state index in [2.05, 4.69) is 15.3 Å². The zero-order valence-electron chi connectivity index (χ0n) is 10.9. The van der Waals surface area contributed by atoms with Gasteiger partial charge in [-0.15, -0.1) is 0 Å². The molecular weight excluding hydrogens is 242 g/mol. The number of hydrogen-bond donors (Lipinski definition) is 1. The van der Waals surface area contributed by atoms with Gasteiger partial charge in [-0.05, 0) is 37.6 Å². The van der Waals surface area contributed by atoms with Crippen LogP contribution >= 0.6 is 0 Å². The van der Waals surface area contributed by atoms with Crippen molar-refractivity contribution in [3.8, 4) is 5.75 Å². The molecule has 5 heteroatoms. The van der Waals surface area contributed by atoms with Crippen LogP contribution < -0.4 is 10.1 Å². The van der Waals surface area contributed by atoms with E-state index in [1.807, 2.05) is 26.0 Å². The predicted octanol–water partition coefficient (Wildman–Crippen LogP) is 2.44. The Bertz CT molecular complexity index is 570. The van der Waals surface area contributed by atoms with Crippen LogP contribution in [0.3, 0.4) is 0 Å². The second-order valence-corrected chi connectivity index (χ2v) is 3.96. The summed E-state index contributed by atoms with van der Waals surface area (Å²) in [5, 5.41) is 2.77. The Morgan fingerprint density at radius 2 is 2.21 bits per heavy atom. The van der Waals surface area contributed by atoms with E-state index < -0.39 is 0 Å². The molecule has 0 bridgehead atoms. The average Bonchev–Trinajstić information content (AvgIpc) is 2.43. The van der Waals surface area contributed by atoms with Crippen LogP contribution in [0, 0.1) is 6.92 Å². The van der Waals surface area contributed by atoms with Gasteiger partial charge in [-0.3, -0.25) is 9.78 Å². The molecule has 0 saturated heterocycles. The van der Waals surface area contributed by atoms with Crippen molar-refractivity contribution >= 4 is 11.6 Å². The maximum absolute atomic E-state index is 11.9. The van der Waals surface area contributed by atoms with E-state index in [0.29, 0.717) is 12.3 Å². The van der Waals surface area contributed by atoms with Gasteiger partial charge in [0.2, 0.25) is 0 Å². The number of nitrogens with one attached hydrogen (secondary N) is 1. The number of nitrogens with zero attached hydrogens (tertiary/aromatic N) is 2. The summed E-state index contributed by atoms with van der Waals surface area (Å²) in [6.45, 7) is 4.48. The summed E-state index contributed by atoms with van der Waals surface area (Å²) in [4.78, 5) is 19.7. The van der Waals surface area contributed by atoms with Crippen molar-refractivity contribution in [1.29, 1.82) is 0 Å². The third-order valence-electron chi connectivity index (χ3n) is 2.53. The fourth-order valence-electron chi connectivity index (χ4n) is 1.66. The summed E-state index contributed by atoms with van der Waals surface area (Å²) >= 11 is 0. The van der Waals surface area contributed by atoms with Crippen molar-refractivity contribution in [1.82, 2.24) is 9.97 Å². The molecule has 98 valence electrons. The second kappa shape index (κ2) is 5.95. The van der Waals surface area contributed by atoms with Crippen LogP contribution in [0.15, 0.2) is 36.8 Å². The predicted molar refractivity (Wildman–Crippen MR) is 72.3 cm³/mol. The monoisotopic (exact) mass is 257 g/mol. The lowest BCUT2D eigenvalue weighted by Gasteiger charge is -2.09. The van der Waals surface area contributed by atoms with Crippen LogP contribution in [0.5, 0.6) is 5.75 Å². The number of hydrogen-bond acceptors (Lipinski definition) is 4. The molecule has 2 rings (SSSR count). The van der Waals surface area contributed by atoms with Crippen LogP contribution in [0.25, 0.3) is 0 Å². The van der Waals surface area contributed by atoms with E-state index in [9.17, 15) is 4.79 Å². The SMILES string of the molecule is CCOc1ccc(NC(=O)c2cnccn2)cc1C. The van der Waals surface area contributed by atoms with Gasteiger partial charge in [0.05, 0.1) is 12.8 Å². The van der Waals surface area contributed by atoms with Crippen LogP contribution in [0.1, 0.15) is 23.0 Å². The number of rotatable bonds is 4. The lowest BCUT2D eigenvalue weighted by molar-refractivity contribution is 0.102. The molecule has 2 aromatic rings. The lowest BCUT2D eigenvalue weighted by Crippen LogP contribution is -2.13. The number of aromatic nitrogens is 2. The second-order valence-electron chi connectivity index (χ2n) is 3.96. The number of anilines is 1. The summed E-state index contributed by atoms with van der Waals surface area (Å²) in [5.41, 5.74) is 1.96. The standard InChI is InChI=1S/C14H15N3O2/c1-3-19-13-5-4-11(8-10(13)2)17-14(18)12-9-15-6-7-16-12/h4-9H,3H2,1-2H3,(H,17,18). The van der Waals surface area contributed by atoms with Gasteiger partial charge in [0.15, 0.2) is 0 Å². The molecule has 0 radical (unpaired) electrons. The molecule has 1 N–H and O–H groups in total. The summed E-state index contributed by atoms with van der Waals surface area (Å²) in [7, 11) is 0. The van der Waals surface area contributed by atoms with Gasteiger partial charge < -0.3 is 10.1 Å². The highest BCUT2D eigenvalue weighted by Gasteiger charge is 2.08. The fourth-order valence-corrected chi connectivity index (χ4v) is 1.66. The maximum atomic E-state index is 11.9. The van der Waals surface area contributed by atoms with Crippen molar-refractivity contribution < 1.29 is 9.53 Å². The third kappa shape index (κ3) is 3.28. The van der Waals surface area contributed by atoms with Gasteiger partial charge in [-0.2, -0.15) is 0 Å². The molecule has 0 atom stereocenters. The third-order valence-corrected chi connectivity index (χ3v) is 2.53. The van der Waals surface area contributed by atoms with Gasteiger partial charge in [-0.25, -0.2) is 4.98 Å². The highest BCUT2D eigenvalue weighted by Crippen LogP contribution is 2.22. The van der Waals surface area contributed by atoms with Crippen molar-refractivity contribution in [3.05, 3.63) is 48.0 Å². The molecule has 0 aliphatic carbocycles. The Morgan fingerprint density at radius 1 is 1.37 bits per heavy atom.